The lowest BCUT2D eigenvalue weighted by Crippen LogP contribution is -2.20. The van der Waals surface area contributed by atoms with Gasteiger partial charge in [-0.15, -0.1) is 0 Å². The Morgan fingerprint density at radius 1 is 0.943 bits per heavy atom. The minimum absolute atomic E-state index is 0.0624. The lowest BCUT2D eigenvalue weighted by molar-refractivity contribution is 0.101. The highest BCUT2D eigenvalue weighted by molar-refractivity contribution is 5.94. The molecule has 0 saturated heterocycles. The van der Waals surface area contributed by atoms with Gasteiger partial charge in [0, 0.05) is 29.4 Å². The first-order chi connectivity index (χ1) is 16.6. The second-order valence-electron chi connectivity index (χ2n) is 10.6. The van der Waals surface area contributed by atoms with Crippen molar-refractivity contribution in [2.45, 2.75) is 60.0 Å². The molecule has 4 aromatic rings. The highest BCUT2D eigenvalue weighted by atomic mass is 16.1. The molecule has 3 heterocycles. The molecule has 0 atom stereocenters. The molecule has 0 unspecified atom stereocenters. The number of rotatable bonds is 4. The molecule has 0 bridgehead atoms. The number of aromatic nitrogens is 3. The van der Waals surface area contributed by atoms with Crippen molar-refractivity contribution in [2.75, 3.05) is 4.90 Å². The Bertz CT molecular complexity index is 1400. The first kappa shape index (κ1) is 23.0. The van der Waals surface area contributed by atoms with Crippen LogP contribution < -0.4 is 4.90 Å². The quantitative estimate of drug-likeness (QED) is 0.321. The van der Waals surface area contributed by atoms with Crippen LogP contribution in [0.4, 0.5) is 5.82 Å². The number of hydrogen-bond acceptors (Lipinski definition) is 4. The second kappa shape index (κ2) is 8.49. The van der Waals surface area contributed by atoms with E-state index in [1.54, 1.807) is 6.92 Å². The Morgan fingerprint density at radius 3 is 2.26 bits per heavy atom. The van der Waals surface area contributed by atoms with Gasteiger partial charge in [0.25, 0.3) is 0 Å². The van der Waals surface area contributed by atoms with Gasteiger partial charge in [-0.2, -0.15) is 5.10 Å². The van der Waals surface area contributed by atoms with E-state index in [0.29, 0.717) is 12.1 Å². The van der Waals surface area contributed by atoms with E-state index in [4.69, 9.17) is 10.1 Å². The van der Waals surface area contributed by atoms with Gasteiger partial charge < -0.3 is 4.90 Å². The standard InChI is InChI=1S/C30H32N4O/c1-19-8-7-9-20(2)28(19)34-29(23-12-10-22(11-13-23)21(3)35)25-17-33(18-26(25)32-34)27-16-24(14-15-31-27)30(4,5)6/h7-16H,17-18H2,1-6H3. The number of anilines is 1. The summed E-state index contributed by atoms with van der Waals surface area (Å²) in [5.41, 5.74) is 9.97. The van der Waals surface area contributed by atoms with E-state index in [1.807, 2.05) is 30.5 Å². The fourth-order valence-electron chi connectivity index (χ4n) is 4.90. The number of aryl methyl sites for hydroxylation is 2. The molecule has 5 rings (SSSR count). The van der Waals surface area contributed by atoms with Crippen molar-refractivity contribution < 1.29 is 4.79 Å². The van der Waals surface area contributed by atoms with E-state index in [2.05, 4.69) is 74.5 Å². The van der Waals surface area contributed by atoms with Crippen LogP contribution in [0.3, 0.4) is 0 Å². The van der Waals surface area contributed by atoms with Gasteiger partial charge in [0.2, 0.25) is 0 Å². The molecule has 2 aromatic heterocycles. The number of nitrogens with zero attached hydrogens (tertiary/aromatic N) is 4. The molecule has 0 saturated carbocycles. The number of ketones is 1. The monoisotopic (exact) mass is 464 g/mol. The van der Waals surface area contributed by atoms with Crippen LogP contribution in [0.5, 0.6) is 0 Å². The normalized spacial score (nSPS) is 13.3. The topological polar surface area (TPSA) is 51.0 Å². The summed E-state index contributed by atoms with van der Waals surface area (Å²) < 4.78 is 2.11. The number of benzene rings is 2. The molecule has 0 N–H and O–H groups in total. The van der Waals surface area contributed by atoms with Crippen molar-refractivity contribution in [1.29, 1.82) is 0 Å². The first-order valence-electron chi connectivity index (χ1n) is 12.1. The summed E-state index contributed by atoms with van der Waals surface area (Å²) in [5, 5.41) is 5.14. The summed E-state index contributed by atoms with van der Waals surface area (Å²) in [5.74, 6) is 1.05. The van der Waals surface area contributed by atoms with Gasteiger partial charge in [-0.25, -0.2) is 9.67 Å². The predicted octanol–water partition coefficient (Wildman–Crippen LogP) is 6.57. The van der Waals surface area contributed by atoms with E-state index in [1.165, 1.54) is 22.3 Å². The molecule has 35 heavy (non-hydrogen) atoms. The lowest BCUT2D eigenvalue weighted by Gasteiger charge is -2.23. The van der Waals surface area contributed by atoms with Crippen LogP contribution in [0.25, 0.3) is 16.9 Å². The fourth-order valence-corrected chi connectivity index (χ4v) is 4.90. The van der Waals surface area contributed by atoms with Gasteiger partial charge >= 0.3 is 0 Å². The van der Waals surface area contributed by atoms with Crippen LogP contribution >= 0.6 is 0 Å². The van der Waals surface area contributed by atoms with Crippen LogP contribution in [0, 0.1) is 13.8 Å². The third kappa shape index (κ3) is 4.16. The number of carbonyl (C=O) groups excluding carboxylic acids is 1. The van der Waals surface area contributed by atoms with Crippen molar-refractivity contribution in [3.05, 3.63) is 94.3 Å². The minimum Gasteiger partial charge on any atom is -0.346 e. The van der Waals surface area contributed by atoms with Gasteiger partial charge in [0.05, 0.1) is 23.6 Å². The van der Waals surface area contributed by atoms with Crippen LogP contribution in [-0.4, -0.2) is 20.5 Å². The number of para-hydroxylation sites is 1. The van der Waals surface area contributed by atoms with Crippen molar-refractivity contribution in [2.24, 2.45) is 0 Å². The third-order valence-electron chi connectivity index (χ3n) is 6.91. The van der Waals surface area contributed by atoms with Crippen molar-refractivity contribution >= 4 is 11.6 Å². The van der Waals surface area contributed by atoms with Gasteiger partial charge in [-0.3, -0.25) is 4.79 Å². The van der Waals surface area contributed by atoms with Crippen LogP contribution in [0.2, 0.25) is 0 Å². The summed E-state index contributed by atoms with van der Waals surface area (Å²) in [4.78, 5) is 18.9. The van der Waals surface area contributed by atoms with Crippen LogP contribution in [0.1, 0.15) is 66.0 Å². The molecule has 178 valence electrons. The molecule has 0 amide bonds. The van der Waals surface area contributed by atoms with Crippen molar-refractivity contribution in [3.63, 3.8) is 0 Å². The van der Waals surface area contributed by atoms with Crippen LogP contribution in [0.15, 0.2) is 60.8 Å². The van der Waals surface area contributed by atoms with E-state index in [-0.39, 0.29) is 11.2 Å². The molecule has 5 heteroatoms. The highest BCUT2D eigenvalue weighted by Crippen LogP contribution is 2.38. The number of carbonyl (C=O) groups is 1. The maximum Gasteiger partial charge on any atom is 0.159 e. The fraction of sp³-hybridized carbons (Fsp3) is 0.300. The average molecular weight is 465 g/mol. The number of pyridine rings is 1. The number of hydrogen-bond donors (Lipinski definition) is 0. The van der Waals surface area contributed by atoms with E-state index >= 15 is 0 Å². The maximum atomic E-state index is 11.9. The zero-order valence-corrected chi connectivity index (χ0v) is 21.4. The smallest absolute Gasteiger partial charge is 0.159 e. The molecule has 0 fully saturated rings. The summed E-state index contributed by atoms with van der Waals surface area (Å²) in [6.07, 6.45) is 1.91. The minimum atomic E-state index is 0.0624. The summed E-state index contributed by atoms with van der Waals surface area (Å²) in [6, 6.07) is 18.5. The number of Topliss-reactive ketones (excluding diaryl/α,β-unsaturated/α-hetero) is 1. The van der Waals surface area contributed by atoms with E-state index in [9.17, 15) is 4.79 Å². The Hall–Kier alpha value is -3.73. The zero-order chi connectivity index (χ0) is 24.9. The molecule has 5 nitrogen and oxygen atoms in total. The zero-order valence-electron chi connectivity index (χ0n) is 21.4. The summed E-state index contributed by atoms with van der Waals surface area (Å²) in [6.45, 7) is 14.0. The Kier molecular flexibility index (Phi) is 5.59. The molecule has 1 aliphatic rings. The van der Waals surface area contributed by atoms with Crippen LogP contribution in [-0.2, 0) is 18.5 Å². The van der Waals surface area contributed by atoms with E-state index < -0.39 is 0 Å². The van der Waals surface area contributed by atoms with Crippen molar-refractivity contribution in [3.8, 4) is 16.9 Å². The SMILES string of the molecule is CC(=O)c1ccc(-c2c3c(nn2-c2c(C)cccc2C)CN(c2cc(C(C)(C)C)ccn2)C3)cc1. The van der Waals surface area contributed by atoms with Gasteiger partial charge in [0.1, 0.15) is 5.82 Å². The highest BCUT2D eigenvalue weighted by Gasteiger charge is 2.30. The molecular weight excluding hydrogens is 432 g/mol. The van der Waals surface area contributed by atoms with Crippen molar-refractivity contribution in [1.82, 2.24) is 14.8 Å². The molecule has 0 radical (unpaired) electrons. The van der Waals surface area contributed by atoms with Gasteiger partial charge in [-0.05, 0) is 55.0 Å². The molecule has 0 aliphatic carbocycles. The van der Waals surface area contributed by atoms with Gasteiger partial charge in [0.15, 0.2) is 5.78 Å². The Labute approximate surface area is 207 Å². The average Bonchev–Trinajstić information content (AvgIpc) is 3.37. The first-order valence-corrected chi connectivity index (χ1v) is 12.1. The summed E-state index contributed by atoms with van der Waals surface area (Å²) >= 11 is 0. The van der Waals surface area contributed by atoms with E-state index in [0.717, 1.165) is 35.0 Å². The molecular formula is C30H32N4O. The Morgan fingerprint density at radius 2 is 1.63 bits per heavy atom. The summed E-state index contributed by atoms with van der Waals surface area (Å²) in [7, 11) is 0. The molecule has 0 spiro atoms. The predicted molar refractivity (Wildman–Crippen MR) is 141 cm³/mol. The second-order valence-corrected chi connectivity index (χ2v) is 10.6. The molecule has 2 aromatic carbocycles. The maximum absolute atomic E-state index is 11.9. The third-order valence-corrected chi connectivity index (χ3v) is 6.91. The largest absolute Gasteiger partial charge is 0.346 e. The number of fused-ring (bicyclic) bond motifs is 1. The Balaban J connectivity index is 1.62. The lowest BCUT2D eigenvalue weighted by atomic mass is 9.88. The molecule has 1 aliphatic heterocycles. The van der Waals surface area contributed by atoms with Gasteiger partial charge in [-0.1, -0.05) is 63.2 Å².